The first-order valence-corrected chi connectivity index (χ1v) is 12.8. The minimum Gasteiger partial charge on any atom is -0.507 e. The van der Waals surface area contributed by atoms with E-state index in [1.807, 2.05) is 68.4 Å². The highest BCUT2D eigenvalue weighted by molar-refractivity contribution is 6.46. The van der Waals surface area contributed by atoms with Crippen molar-refractivity contribution in [2.75, 3.05) is 13.7 Å². The highest BCUT2D eigenvalue weighted by Gasteiger charge is 2.46. The zero-order chi connectivity index (χ0) is 27.6. The summed E-state index contributed by atoms with van der Waals surface area (Å²) in [5.41, 5.74) is 3.98. The second kappa shape index (κ2) is 10.7. The smallest absolute Gasteiger partial charge is 0.295 e. The van der Waals surface area contributed by atoms with Crippen molar-refractivity contribution in [1.82, 2.24) is 4.90 Å². The van der Waals surface area contributed by atoms with E-state index in [1.165, 1.54) is 12.0 Å². The van der Waals surface area contributed by atoms with E-state index >= 15 is 0 Å². The molecule has 0 aromatic heterocycles. The number of aliphatic hydroxyl groups excluding tert-OH is 1. The summed E-state index contributed by atoms with van der Waals surface area (Å²) >= 11 is 0. The Bertz CT molecular complexity index is 1360. The summed E-state index contributed by atoms with van der Waals surface area (Å²) in [6, 6.07) is 20.0. The van der Waals surface area contributed by atoms with E-state index in [-0.39, 0.29) is 23.3 Å². The van der Waals surface area contributed by atoms with E-state index < -0.39 is 17.7 Å². The van der Waals surface area contributed by atoms with E-state index in [1.54, 1.807) is 12.1 Å². The van der Waals surface area contributed by atoms with Crippen LogP contribution in [0.15, 0.2) is 72.3 Å². The Morgan fingerprint density at radius 1 is 0.974 bits per heavy atom. The Labute approximate surface area is 224 Å². The van der Waals surface area contributed by atoms with E-state index in [4.69, 9.17) is 9.47 Å². The molecule has 1 amide bonds. The summed E-state index contributed by atoms with van der Waals surface area (Å²) in [6.07, 6.45) is 0. The summed E-state index contributed by atoms with van der Waals surface area (Å²) in [4.78, 5) is 28.4. The van der Waals surface area contributed by atoms with Gasteiger partial charge in [-0.25, -0.2) is 0 Å². The molecule has 1 heterocycles. The number of nitrogens with zero attached hydrogens (tertiary/aromatic N) is 1. The van der Waals surface area contributed by atoms with Crippen LogP contribution in [-0.2, 0) is 21.5 Å². The second-order valence-electron chi connectivity index (χ2n) is 10.6. The molecule has 3 aromatic rings. The van der Waals surface area contributed by atoms with Crippen LogP contribution in [0.4, 0.5) is 0 Å². The van der Waals surface area contributed by atoms with Crippen LogP contribution >= 0.6 is 0 Å². The maximum absolute atomic E-state index is 13.5. The number of amides is 1. The molecule has 6 heteroatoms. The molecule has 1 fully saturated rings. The number of benzene rings is 3. The molecular weight excluding hydrogens is 478 g/mol. The Kier molecular flexibility index (Phi) is 7.63. The predicted molar refractivity (Wildman–Crippen MR) is 148 cm³/mol. The maximum Gasteiger partial charge on any atom is 0.295 e. The number of carbonyl (C=O) groups is 2. The molecule has 4 rings (SSSR count). The largest absolute Gasteiger partial charge is 0.507 e. The van der Waals surface area contributed by atoms with Gasteiger partial charge in [0, 0.05) is 6.54 Å². The number of hydrogen-bond acceptors (Lipinski definition) is 5. The normalized spacial score (nSPS) is 17.1. The monoisotopic (exact) mass is 513 g/mol. The van der Waals surface area contributed by atoms with Gasteiger partial charge in [0.25, 0.3) is 11.7 Å². The quantitative estimate of drug-likeness (QED) is 0.227. The fourth-order valence-corrected chi connectivity index (χ4v) is 4.76. The highest BCUT2D eigenvalue weighted by atomic mass is 16.5. The molecular formula is C32H35NO5. The number of aliphatic hydroxyl groups is 1. The van der Waals surface area contributed by atoms with Crippen LogP contribution < -0.4 is 9.47 Å². The van der Waals surface area contributed by atoms with Crippen molar-refractivity contribution < 1.29 is 24.2 Å². The number of hydrogen-bond donors (Lipinski definition) is 1. The van der Waals surface area contributed by atoms with Gasteiger partial charge < -0.3 is 19.5 Å². The van der Waals surface area contributed by atoms with E-state index in [0.717, 1.165) is 28.0 Å². The van der Waals surface area contributed by atoms with E-state index in [0.29, 0.717) is 17.9 Å². The Morgan fingerprint density at radius 3 is 2.21 bits per heavy atom. The molecule has 38 heavy (non-hydrogen) atoms. The lowest BCUT2D eigenvalue weighted by Gasteiger charge is -2.27. The van der Waals surface area contributed by atoms with Crippen LogP contribution in [-0.4, -0.2) is 35.4 Å². The van der Waals surface area contributed by atoms with E-state index in [2.05, 4.69) is 20.8 Å². The first-order valence-electron chi connectivity index (χ1n) is 12.8. The zero-order valence-corrected chi connectivity index (χ0v) is 22.9. The van der Waals surface area contributed by atoms with E-state index in [9.17, 15) is 14.7 Å². The summed E-state index contributed by atoms with van der Waals surface area (Å²) in [5.74, 6) is -0.464. The first kappa shape index (κ1) is 27.0. The molecule has 0 aliphatic carbocycles. The minimum absolute atomic E-state index is 0.0494. The van der Waals surface area contributed by atoms with Crippen molar-refractivity contribution in [3.63, 3.8) is 0 Å². The highest BCUT2D eigenvalue weighted by Crippen LogP contribution is 2.42. The van der Waals surface area contributed by atoms with Crippen LogP contribution in [0.25, 0.3) is 5.76 Å². The van der Waals surface area contributed by atoms with Crippen molar-refractivity contribution >= 4 is 17.4 Å². The number of ketones is 1. The topological polar surface area (TPSA) is 76.1 Å². The first-order chi connectivity index (χ1) is 18.0. The van der Waals surface area contributed by atoms with Crippen molar-refractivity contribution in [1.29, 1.82) is 0 Å². The molecule has 0 spiro atoms. The average molecular weight is 514 g/mol. The van der Waals surface area contributed by atoms with Crippen LogP contribution in [0, 0.1) is 6.92 Å². The average Bonchev–Trinajstić information content (AvgIpc) is 3.14. The number of carbonyl (C=O) groups excluding carboxylic acids is 2. The molecule has 1 aliphatic rings. The predicted octanol–water partition coefficient (Wildman–Crippen LogP) is 6.32. The SMILES string of the molecule is CCOc1ccc(CN2C(=O)C(=O)/C(=C(/O)c3cc(C)ccc3OC)C2c2ccc(C(C)(C)C)cc2)cc1. The number of aryl methyl sites for hydroxylation is 1. The van der Waals surface area contributed by atoms with Crippen LogP contribution in [0.1, 0.15) is 61.6 Å². The number of rotatable bonds is 7. The number of likely N-dealkylation sites (tertiary alicyclic amines) is 1. The third-order valence-corrected chi connectivity index (χ3v) is 6.83. The lowest BCUT2D eigenvalue weighted by Crippen LogP contribution is -2.29. The van der Waals surface area contributed by atoms with Gasteiger partial charge in [-0.1, -0.05) is 68.8 Å². The van der Waals surface area contributed by atoms with Crippen LogP contribution in [0.5, 0.6) is 11.5 Å². The molecule has 0 bridgehead atoms. The van der Waals surface area contributed by atoms with Gasteiger partial charge in [0.2, 0.25) is 0 Å². The third-order valence-electron chi connectivity index (χ3n) is 6.83. The molecule has 198 valence electrons. The second-order valence-corrected chi connectivity index (χ2v) is 10.6. The van der Waals surface area contributed by atoms with Crippen LogP contribution in [0.2, 0.25) is 0 Å². The molecule has 1 atom stereocenters. The van der Waals surface area contributed by atoms with Gasteiger partial charge in [-0.3, -0.25) is 9.59 Å². The zero-order valence-electron chi connectivity index (χ0n) is 22.9. The molecule has 1 saturated heterocycles. The molecule has 3 aromatic carbocycles. The molecule has 0 saturated carbocycles. The third kappa shape index (κ3) is 5.30. The summed E-state index contributed by atoms with van der Waals surface area (Å²) in [6.45, 7) is 11.0. The molecule has 1 aliphatic heterocycles. The number of ether oxygens (including phenoxy) is 2. The summed E-state index contributed by atoms with van der Waals surface area (Å²) in [7, 11) is 1.51. The van der Waals surface area contributed by atoms with Gasteiger partial charge in [0.1, 0.15) is 17.3 Å². The Balaban J connectivity index is 1.85. The maximum atomic E-state index is 13.5. The van der Waals surface area contributed by atoms with Crippen LogP contribution in [0.3, 0.4) is 0 Å². The molecule has 1 unspecified atom stereocenters. The Morgan fingerprint density at radius 2 is 1.63 bits per heavy atom. The van der Waals surface area contributed by atoms with Gasteiger partial charge in [-0.05, 0) is 60.2 Å². The number of Topliss-reactive ketones (excluding diaryl/α,β-unsaturated/α-hetero) is 1. The Hall–Kier alpha value is -4.06. The summed E-state index contributed by atoms with van der Waals surface area (Å²) < 4.78 is 11.0. The standard InChI is InChI=1S/C32H35NO5/c1-7-38-24-15-9-21(10-16-24)19-33-28(22-11-13-23(14-12-22)32(3,4)5)27(30(35)31(33)36)29(34)25-18-20(2)8-17-26(25)37-6/h8-18,28,34H,7,19H2,1-6H3/b29-27+. The van der Waals surface area contributed by atoms with Crippen molar-refractivity contribution in [3.05, 3.63) is 100 Å². The molecule has 1 N–H and O–H groups in total. The fraction of sp³-hybridized carbons (Fsp3) is 0.312. The lowest BCUT2D eigenvalue weighted by molar-refractivity contribution is -0.140. The van der Waals surface area contributed by atoms with Crippen molar-refractivity contribution in [2.24, 2.45) is 0 Å². The van der Waals surface area contributed by atoms with Gasteiger partial charge >= 0.3 is 0 Å². The van der Waals surface area contributed by atoms with Crippen molar-refractivity contribution in [3.8, 4) is 11.5 Å². The molecule has 0 radical (unpaired) electrons. The van der Waals surface area contributed by atoms with Gasteiger partial charge in [-0.2, -0.15) is 0 Å². The lowest BCUT2D eigenvalue weighted by atomic mass is 9.85. The number of methoxy groups -OCH3 is 1. The van der Waals surface area contributed by atoms with Gasteiger partial charge in [-0.15, -0.1) is 0 Å². The fourth-order valence-electron chi connectivity index (χ4n) is 4.76. The van der Waals surface area contributed by atoms with Gasteiger partial charge in [0.05, 0.1) is 30.9 Å². The summed E-state index contributed by atoms with van der Waals surface area (Å²) in [5, 5.41) is 11.5. The molecule has 6 nitrogen and oxygen atoms in total. The van der Waals surface area contributed by atoms with Gasteiger partial charge in [0.15, 0.2) is 0 Å². The minimum atomic E-state index is -0.763. The van der Waals surface area contributed by atoms with Crippen molar-refractivity contribution in [2.45, 2.75) is 52.6 Å².